The van der Waals surface area contributed by atoms with Crippen LogP contribution in [0, 0.1) is 0 Å². The van der Waals surface area contributed by atoms with Crippen molar-refractivity contribution in [2.45, 2.75) is 25.4 Å². The van der Waals surface area contributed by atoms with Crippen LogP contribution in [0.3, 0.4) is 0 Å². The molecule has 0 unspecified atom stereocenters. The van der Waals surface area contributed by atoms with Gasteiger partial charge in [0.1, 0.15) is 17.4 Å². The summed E-state index contributed by atoms with van der Waals surface area (Å²) in [5.74, 6) is 0.679. The summed E-state index contributed by atoms with van der Waals surface area (Å²) in [5, 5.41) is 0.950. The van der Waals surface area contributed by atoms with Gasteiger partial charge >= 0.3 is 5.97 Å². The lowest BCUT2D eigenvalue weighted by Crippen LogP contribution is -2.53. The van der Waals surface area contributed by atoms with Crippen molar-refractivity contribution in [2.24, 2.45) is 0 Å². The molecular weight excluding hydrogens is 360 g/mol. The summed E-state index contributed by atoms with van der Waals surface area (Å²) in [7, 11) is 1.66. The summed E-state index contributed by atoms with van der Waals surface area (Å²) in [6.07, 6.45) is 2.14. The van der Waals surface area contributed by atoms with Gasteiger partial charge in [-0.25, -0.2) is 4.98 Å². The van der Waals surface area contributed by atoms with E-state index in [9.17, 15) is 4.79 Å². The van der Waals surface area contributed by atoms with Gasteiger partial charge in [0.2, 0.25) is 0 Å². The number of esters is 1. The van der Waals surface area contributed by atoms with E-state index in [1.165, 1.54) is 5.56 Å². The molecule has 1 saturated heterocycles. The highest BCUT2D eigenvalue weighted by Gasteiger charge is 2.32. The quantitative estimate of drug-likeness (QED) is 0.577. The van der Waals surface area contributed by atoms with Gasteiger partial charge in [0.15, 0.2) is 5.13 Å². The number of carbonyl (C=O) groups excluding carboxylic acids is 1. The number of ether oxygens (including phenoxy) is 2. The summed E-state index contributed by atoms with van der Waals surface area (Å²) in [5.41, 5.74) is 2.15. The number of thiazole rings is 1. The van der Waals surface area contributed by atoms with E-state index in [1.54, 1.807) is 18.4 Å². The van der Waals surface area contributed by atoms with Crippen LogP contribution < -0.4 is 9.64 Å². The molecule has 0 atom stereocenters. The van der Waals surface area contributed by atoms with Gasteiger partial charge in [0.25, 0.3) is 0 Å². The van der Waals surface area contributed by atoms with Crippen molar-refractivity contribution in [2.75, 3.05) is 25.1 Å². The minimum Gasteiger partial charge on any atom is -0.494 e. The first-order valence-electron chi connectivity index (χ1n) is 9.15. The van der Waals surface area contributed by atoms with Gasteiger partial charge in [-0.3, -0.25) is 4.79 Å². The topological polar surface area (TPSA) is 51.7 Å². The van der Waals surface area contributed by atoms with Gasteiger partial charge in [0, 0.05) is 6.42 Å². The van der Waals surface area contributed by atoms with E-state index in [2.05, 4.69) is 22.0 Å². The average molecular weight is 382 g/mol. The SMILES string of the molecule is COc1cccc2sc(N3CC(OC(=O)CCCc4ccccc4)C3)nc12. The number of nitrogens with zero attached hydrogens (tertiary/aromatic N) is 2. The number of rotatable bonds is 7. The fourth-order valence-corrected chi connectivity index (χ4v) is 4.21. The molecule has 4 rings (SSSR count). The Balaban J connectivity index is 1.24. The number of fused-ring (bicyclic) bond motifs is 1. The van der Waals surface area contributed by atoms with Crippen LogP contribution in [0.5, 0.6) is 5.75 Å². The first-order chi connectivity index (χ1) is 13.2. The molecule has 6 heteroatoms. The molecule has 5 nitrogen and oxygen atoms in total. The molecule has 0 N–H and O–H groups in total. The molecule has 1 aliphatic rings. The van der Waals surface area contributed by atoms with Crippen molar-refractivity contribution < 1.29 is 14.3 Å². The fourth-order valence-electron chi connectivity index (χ4n) is 3.21. The Labute approximate surface area is 162 Å². The van der Waals surface area contributed by atoms with Gasteiger partial charge in [0.05, 0.1) is 24.9 Å². The van der Waals surface area contributed by atoms with Crippen LogP contribution >= 0.6 is 11.3 Å². The third-order valence-corrected chi connectivity index (χ3v) is 5.78. The van der Waals surface area contributed by atoms with Gasteiger partial charge in [-0.2, -0.15) is 0 Å². The highest BCUT2D eigenvalue weighted by Crippen LogP contribution is 2.35. The second-order valence-corrected chi connectivity index (χ2v) is 7.67. The van der Waals surface area contributed by atoms with Gasteiger partial charge < -0.3 is 14.4 Å². The molecule has 27 heavy (non-hydrogen) atoms. The Morgan fingerprint density at radius 2 is 2.00 bits per heavy atom. The zero-order valence-electron chi connectivity index (χ0n) is 15.3. The number of aryl methyl sites for hydroxylation is 1. The number of hydrogen-bond donors (Lipinski definition) is 0. The lowest BCUT2D eigenvalue weighted by atomic mass is 10.1. The summed E-state index contributed by atoms with van der Waals surface area (Å²) in [4.78, 5) is 18.9. The zero-order valence-corrected chi connectivity index (χ0v) is 16.1. The monoisotopic (exact) mass is 382 g/mol. The lowest BCUT2D eigenvalue weighted by Gasteiger charge is -2.38. The first-order valence-corrected chi connectivity index (χ1v) is 9.96. The van der Waals surface area contributed by atoms with Gasteiger partial charge in [-0.05, 0) is 30.5 Å². The molecule has 1 aliphatic heterocycles. The maximum absolute atomic E-state index is 12.0. The maximum Gasteiger partial charge on any atom is 0.306 e. The number of aromatic nitrogens is 1. The van der Waals surface area contributed by atoms with E-state index >= 15 is 0 Å². The standard InChI is InChI=1S/C21H22N2O3S/c1-25-17-10-6-11-18-20(17)22-21(27-18)23-13-16(14-23)26-19(24)12-5-9-15-7-3-2-4-8-15/h2-4,6-8,10-11,16H,5,9,12-14H2,1H3. The summed E-state index contributed by atoms with van der Waals surface area (Å²) < 4.78 is 12.0. The number of benzene rings is 2. The number of carbonyl (C=O) groups is 1. The van der Waals surface area contributed by atoms with Crippen LogP contribution in [0.1, 0.15) is 18.4 Å². The summed E-state index contributed by atoms with van der Waals surface area (Å²) >= 11 is 1.64. The molecule has 0 bridgehead atoms. The predicted molar refractivity (Wildman–Crippen MR) is 108 cm³/mol. The fraction of sp³-hybridized carbons (Fsp3) is 0.333. The van der Waals surface area contributed by atoms with Crippen molar-refractivity contribution in [3.05, 3.63) is 54.1 Å². The summed E-state index contributed by atoms with van der Waals surface area (Å²) in [6, 6.07) is 16.2. The number of hydrogen-bond acceptors (Lipinski definition) is 6. The van der Waals surface area contributed by atoms with Crippen LogP contribution in [0.15, 0.2) is 48.5 Å². The molecule has 0 aliphatic carbocycles. The van der Waals surface area contributed by atoms with Gasteiger partial charge in [-0.1, -0.05) is 47.7 Å². The highest BCUT2D eigenvalue weighted by molar-refractivity contribution is 7.22. The van der Waals surface area contributed by atoms with Crippen molar-refractivity contribution >= 4 is 32.7 Å². The van der Waals surface area contributed by atoms with E-state index in [1.807, 2.05) is 36.4 Å². The van der Waals surface area contributed by atoms with Gasteiger partial charge in [-0.15, -0.1) is 0 Å². The molecule has 0 saturated carbocycles. The molecule has 1 aromatic heterocycles. The lowest BCUT2D eigenvalue weighted by molar-refractivity contribution is -0.150. The summed E-state index contributed by atoms with van der Waals surface area (Å²) in [6.45, 7) is 1.40. The maximum atomic E-state index is 12.0. The molecular formula is C21H22N2O3S. The Bertz CT molecular complexity index is 920. The molecule has 0 spiro atoms. The van der Waals surface area contributed by atoms with Crippen LogP contribution in [0.25, 0.3) is 10.2 Å². The first kappa shape index (κ1) is 17.8. The molecule has 2 aromatic carbocycles. The molecule has 1 fully saturated rings. The van der Waals surface area contributed by atoms with Crippen LogP contribution in [0.4, 0.5) is 5.13 Å². The molecule has 0 amide bonds. The normalized spacial score (nSPS) is 14.2. The van der Waals surface area contributed by atoms with E-state index in [-0.39, 0.29) is 12.1 Å². The van der Waals surface area contributed by atoms with Crippen molar-refractivity contribution in [3.8, 4) is 5.75 Å². The number of methoxy groups -OCH3 is 1. The molecule has 3 aromatic rings. The van der Waals surface area contributed by atoms with Crippen LogP contribution in [-0.2, 0) is 16.0 Å². The second-order valence-electron chi connectivity index (χ2n) is 6.66. The molecule has 2 heterocycles. The molecule has 0 radical (unpaired) electrons. The second kappa shape index (κ2) is 7.96. The number of para-hydroxylation sites is 1. The van der Waals surface area contributed by atoms with Crippen molar-refractivity contribution in [1.29, 1.82) is 0 Å². The Kier molecular flexibility index (Phi) is 5.25. The Morgan fingerprint density at radius 3 is 2.78 bits per heavy atom. The Hall–Kier alpha value is -2.60. The zero-order chi connectivity index (χ0) is 18.6. The minimum absolute atomic E-state index is 0.0388. The minimum atomic E-state index is -0.110. The van der Waals surface area contributed by atoms with Crippen molar-refractivity contribution in [3.63, 3.8) is 0 Å². The van der Waals surface area contributed by atoms with Crippen molar-refractivity contribution in [1.82, 2.24) is 4.98 Å². The van der Waals surface area contributed by atoms with Crippen LogP contribution in [0.2, 0.25) is 0 Å². The average Bonchev–Trinajstić information content (AvgIpc) is 3.08. The van der Waals surface area contributed by atoms with E-state index in [4.69, 9.17) is 9.47 Å². The van der Waals surface area contributed by atoms with E-state index < -0.39 is 0 Å². The smallest absolute Gasteiger partial charge is 0.306 e. The largest absolute Gasteiger partial charge is 0.494 e. The van der Waals surface area contributed by atoms with E-state index in [0.717, 1.165) is 33.9 Å². The van der Waals surface area contributed by atoms with Crippen LogP contribution in [-0.4, -0.2) is 37.3 Å². The third-order valence-electron chi connectivity index (χ3n) is 4.70. The number of anilines is 1. The van der Waals surface area contributed by atoms with E-state index in [0.29, 0.717) is 19.5 Å². The predicted octanol–water partition coefficient (Wildman–Crippen LogP) is 4.06. The Morgan fingerprint density at radius 1 is 1.19 bits per heavy atom. The molecule has 140 valence electrons. The third kappa shape index (κ3) is 4.06. The highest BCUT2D eigenvalue weighted by atomic mass is 32.1.